The second-order valence-electron chi connectivity index (χ2n) is 10.6. The quantitative estimate of drug-likeness (QED) is 0.592. The molecule has 2 fully saturated rings. The summed E-state index contributed by atoms with van der Waals surface area (Å²) < 4.78 is 0. The molecule has 2 aromatic heterocycles. The zero-order valence-corrected chi connectivity index (χ0v) is 21.4. The Kier molecular flexibility index (Phi) is 6.23. The van der Waals surface area contributed by atoms with Gasteiger partial charge in [-0.2, -0.15) is 9.97 Å². The molecule has 2 N–H and O–H groups in total. The third kappa shape index (κ3) is 4.75. The molecule has 3 aliphatic heterocycles. The maximum atomic E-state index is 6.20. The fraction of sp³-hybridized carbons (Fsp3) is 0.464. The van der Waals surface area contributed by atoms with Crippen molar-refractivity contribution in [2.24, 2.45) is 0 Å². The number of fused-ring (bicyclic) bond motifs is 1. The summed E-state index contributed by atoms with van der Waals surface area (Å²) in [7, 11) is 2.16. The number of benzene rings is 1. The molecule has 5 heterocycles. The van der Waals surface area contributed by atoms with Gasteiger partial charge in [0.15, 0.2) is 0 Å². The zero-order chi connectivity index (χ0) is 24.6. The Morgan fingerprint density at radius 1 is 0.889 bits per heavy atom. The van der Waals surface area contributed by atoms with Crippen molar-refractivity contribution < 1.29 is 0 Å². The molecule has 0 saturated carbocycles. The van der Waals surface area contributed by atoms with Crippen molar-refractivity contribution in [2.75, 3.05) is 61.8 Å². The average molecular weight is 485 g/mol. The van der Waals surface area contributed by atoms with Crippen molar-refractivity contribution in [2.45, 2.75) is 38.9 Å². The van der Waals surface area contributed by atoms with Gasteiger partial charge in [-0.3, -0.25) is 9.88 Å². The molecular formula is C28H36N8. The lowest BCUT2D eigenvalue weighted by atomic mass is 9.92. The predicted octanol–water partition coefficient (Wildman–Crippen LogP) is 3.03. The number of nitrogens with two attached hydrogens (primary N) is 1. The molecule has 1 unspecified atom stereocenters. The van der Waals surface area contributed by atoms with Crippen LogP contribution >= 0.6 is 0 Å². The van der Waals surface area contributed by atoms with Gasteiger partial charge in [0.1, 0.15) is 11.6 Å². The Morgan fingerprint density at radius 3 is 2.39 bits per heavy atom. The van der Waals surface area contributed by atoms with Crippen LogP contribution in [0, 0.1) is 0 Å². The van der Waals surface area contributed by atoms with Gasteiger partial charge in [-0.25, -0.2) is 0 Å². The van der Waals surface area contributed by atoms with E-state index >= 15 is 0 Å². The number of hydrogen-bond donors (Lipinski definition) is 1. The standard InChI is InChI=1S/C28H36N8/c1-20-14-21-4-5-22(23-6-7-25(30-17-23)19-34-8-3-9-34)15-24(21)18-36(20)27-16-26(31-28(29)32-27)35-12-10-33(2)11-13-35/h4-7,15-17,20H,3,8-14,18-19H2,1-2H3,(H2,29,31,32). The molecule has 2 saturated heterocycles. The van der Waals surface area contributed by atoms with E-state index in [4.69, 9.17) is 10.7 Å². The molecule has 6 rings (SSSR count). The summed E-state index contributed by atoms with van der Waals surface area (Å²) in [4.78, 5) is 23.4. The molecule has 1 atom stereocenters. The lowest BCUT2D eigenvalue weighted by molar-refractivity contribution is 0.170. The highest BCUT2D eigenvalue weighted by Gasteiger charge is 2.26. The van der Waals surface area contributed by atoms with Crippen LogP contribution in [-0.2, 0) is 19.5 Å². The molecule has 36 heavy (non-hydrogen) atoms. The summed E-state index contributed by atoms with van der Waals surface area (Å²) in [6.07, 6.45) is 4.31. The van der Waals surface area contributed by atoms with Crippen molar-refractivity contribution in [1.82, 2.24) is 24.8 Å². The van der Waals surface area contributed by atoms with E-state index in [1.54, 1.807) is 0 Å². The van der Waals surface area contributed by atoms with Gasteiger partial charge in [0.25, 0.3) is 0 Å². The number of nitrogen functional groups attached to an aromatic ring is 1. The summed E-state index contributed by atoms with van der Waals surface area (Å²) in [5.74, 6) is 2.19. The van der Waals surface area contributed by atoms with Crippen molar-refractivity contribution >= 4 is 17.6 Å². The summed E-state index contributed by atoms with van der Waals surface area (Å²) in [6, 6.07) is 13.7. The van der Waals surface area contributed by atoms with Gasteiger partial charge < -0.3 is 20.4 Å². The fourth-order valence-electron chi connectivity index (χ4n) is 5.47. The van der Waals surface area contributed by atoms with Crippen LogP contribution in [0.5, 0.6) is 0 Å². The SMILES string of the molecule is CC1Cc2ccc(-c3ccc(CN4CCC4)nc3)cc2CN1c1cc(N2CCN(C)CC2)nc(N)n1. The molecule has 3 aromatic rings. The van der Waals surface area contributed by atoms with Gasteiger partial charge in [0.05, 0.1) is 5.69 Å². The van der Waals surface area contributed by atoms with Crippen molar-refractivity contribution in [3.05, 3.63) is 59.4 Å². The molecule has 0 radical (unpaired) electrons. The van der Waals surface area contributed by atoms with E-state index in [2.05, 4.69) is 79.9 Å². The summed E-state index contributed by atoms with van der Waals surface area (Å²) in [6.45, 7) is 10.4. The second kappa shape index (κ2) is 9.67. The first kappa shape index (κ1) is 23.2. The molecule has 3 aliphatic rings. The summed E-state index contributed by atoms with van der Waals surface area (Å²) >= 11 is 0. The number of piperazine rings is 1. The molecule has 1 aromatic carbocycles. The topological polar surface area (TPSA) is 77.7 Å². The smallest absolute Gasteiger partial charge is 0.223 e. The minimum atomic E-state index is 0.334. The average Bonchev–Trinajstić information content (AvgIpc) is 2.86. The largest absolute Gasteiger partial charge is 0.368 e. The zero-order valence-electron chi connectivity index (χ0n) is 21.4. The molecule has 0 spiro atoms. The minimum Gasteiger partial charge on any atom is -0.368 e. The van der Waals surface area contributed by atoms with Crippen LogP contribution in [0.1, 0.15) is 30.2 Å². The Bertz CT molecular complexity index is 1210. The maximum Gasteiger partial charge on any atom is 0.223 e. The molecule has 0 bridgehead atoms. The number of pyridine rings is 1. The van der Waals surface area contributed by atoms with Gasteiger partial charge in [-0.1, -0.05) is 18.2 Å². The van der Waals surface area contributed by atoms with Crippen molar-refractivity contribution in [3.8, 4) is 11.1 Å². The predicted molar refractivity (Wildman–Crippen MR) is 145 cm³/mol. The van der Waals surface area contributed by atoms with E-state index in [9.17, 15) is 0 Å². The highest BCUT2D eigenvalue weighted by Crippen LogP contribution is 2.32. The molecule has 8 nitrogen and oxygen atoms in total. The van der Waals surface area contributed by atoms with E-state index < -0.39 is 0 Å². The third-order valence-electron chi connectivity index (χ3n) is 7.92. The van der Waals surface area contributed by atoms with Gasteiger partial charge in [0.2, 0.25) is 5.95 Å². The molecular weight excluding hydrogens is 448 g/mol. The monoisotopic (exact) mass is 484 g/mol. The van der Waals surface area contributed by atoms with Gasteiger partial charge in [0, 0.05) is 63.1 Å². The Labute approximate surface area is 213 Å². The first-order valence-corrected chi connectivity index (χ1v) is 13.2. The lowest BCUT2D eigenvalue weighted by Crippen LogP contribution is -2.45. The van der Waals surface area contributed by atoms with Crippen molar-refractivity contribution in [1.29, 1.82) is 0 Å². The van der Waals surface area contributed by atoms with Crippen LogP contribution in [0.2, 0.25) is 0 Å². The fourth-order valence-corrected chi connectivity index (χ4v) is 5.47. The number of anilines is 3. The van der Waals surface area contributed by atoms with Crippen LogP contribution in [0.15, 0.2) is 42.6 Å². The number of nitrogens with zero attached hydrogens (tertiary/aromatic N) is 7. The van der Waals surface area contributed by atoms with E-state index in [1.165, 1.54) is 41.8 Å². The molecule has 0 aliphatic carbocycles. The van der Waals surface area contributed by atoms with E-state index in [-0.39, 0.29) is 0 Å². The maximum absolute atomic E-state index is 6.20. The third-order valence-corrected chi connectivity index (χ3v) is 7.92. The van der Waals surface area contributed by atoms with E-state index in [1.807, 2.05) is 6.20 Å². The Balaban J connectivity index is 1.23. The molecule has 188 valence electrons. The number of rotatable bonds is 5. The van der Waals surface area contributed by atoms with Gasteiger partial charge in [-0.15, -0.1) is 0 Å². The van der Waals surface area contributed by atoms with Gasteiger partial charge >= 0.3 is 0 Å². The number of likely N-dealkylation sites (N-methyl/N-ethyl adjacent to an activating group) is 1. The highest BCUT2D eigenvalue weighted by molar-refractivity contribution is 5.65. The molecule has 8 heteroatoms. The number of hydrogen-bond acceptors (Lipinski definition) is 8. The normalized spacial score (nSPS) is 20.8. The minimum absolute atomic E-state index is 0.334. The number of aromatic nitrogens is 3. The Hall–Kier alpha value is -3.23. The second-order valence-corrected chi connectivity index (χ2v) is 10.6. The number of likely N-dealkylation sites (tertiary alicyclic amines) is 1. The van der Waals surface area contributed by atoms with Crippen LogP contribution in [0.4, 0.5) is 17.6 Å². The first-order chi connectivity index (χ1) is 17.5. The Morgan fingerprint density at radius 2 is 1.67 bits per heavy atom. The first-order valence-electron chi connectivity index (χ1n) is 13.2. The van der Waals surface area contributed by atoms with Crippen LogP contribution in [-0.4, -0.2) is 77.1 Å². The van der Waals surface area contributed by atoms with Crippen LogP contribution < -0.4 is 15.5 Å². The molecule has 0 amide bonds. The van der Waals surface area contributed by atoms with Gasteiger partial charge in [-0.05, 0) is 68.7 Å². The summed E-state index contributed by atoms with van der Waals surface area (Å²) in [5.41, 5.74) is 12.5. The van der Waals surface area contributed by atoms with Crippen LogP contribution in [0.25, 0.3) is 11.1 Å². The highest BCUT2D eigenvalue weighted by atomic mass is 15.3. The van der Waals surface area contributed by atoms with Crippen LogP contribution in [0.3, 0.4) is 0 Å². The lowest BCUT2D eigenvalue weighted by Gasteiger charge is -2.37. The summed E-state index contributed by atoms with van der Waals surface area (Å²) in [5, 5.41) is 0. The van der Waals surface area contributed by atoms with Crippen molar-refractivity contribution in [3.63, 3.8) is 0 Å². The van der Waals surface area contributed by atoms with E-state index in [0.29, 0.717) is 12.0 Å². The van der Waals surface area contributed by atoms with E-state index in [0.717, 1.165) is 63.0 Å².